The Kier molecular flexibility index (Phi) is 9.76. The van der Waals surface area contributed by atoms with Crippen LogP contribution in [-0.4, -0.2) is 123 Å². The summed E-state index contributed by atoms with van der Waals surface area (Å²) < 4.78 is 64.8. The average Bonchev–Trinajstić information content (AvgIpc) is 2.96. The summed E-state index contributed by atoms with van der Waals surface area (Å²) in [5.74, 6) is -2.08. The summed E-state index contributed by atoms with van der Waals surface area (Å²) in [6, 6.07) is 9.74. The summed E-state index contributed by atoms with van der Waals surface area (Å²) in [5.41, 5.74) is 0.768. The lowest BCUT2D eigenvalue weighted by Crippen LogP contribution is -2.38. The SMILES string of the molecule is CN(C)c1cc(OCC[N+](C)(C)C)c2ccc3c(S(=O)(=O)N(C)CCC(=O)[O-])cc(S(=O)(=O)N(C)CCC(=O)O)c4ccc1c2c34. The molecule has 0 atom stereocenters. The number of carboxylic acids is 2. The van der Waals surface area contributed by atoms with E-state index in [0.29, 0.717) is 39.5 Å². The molecule has 4 aromatic carbocycles. The van der Waals surface area contributed by atoms with Gasteiger partial charge in [0.1, 0.15) is 18.9 Å². The lowest BCUT2D eigenvalue weighted by molar-refractivity contribution is -0.870. The molecule has 0 saturated heterocycles. The third kappa shape index (κ3) is 6.83. The Hall–Kier alpha value is -3.76. The largest absolute Gasteiger partial charge is 0.550 e. The molecule has 0 heterocycles. The molecule has 0 aromatic heterocycles. The number of nitrogens with zero attached hydrogens (tertiary/aromatic N) is 4. The lowest BCUT2D eigenvalue weighted by atomic mass is 9.92. The molecule has 0 aliphatic heterocycles. The molecule has 46 heavy (non-hydrogen) atoms. The normalized spacial score (nSPS) is 13.0. The number of hydrogen-bond acceptors (Lipinski definition) is 9. The topological polar surface area (TPSA) is 165 Å². The van der Waals surface area contributed by atoms with Crippen molar-refractivity contribution in [2.24, 2.45) is 0 Å². The van der Waals surface area contributed by atoms with Crippen LogP contribution in [0, 0.1) is 0 Å². The highest BCUT2D eigenvalue weighted by Gasteiger charge is 2.32. The van der Waals surface area contributed by atoms with E-state index in [1.807, 2.05) is 46.2 Å². The fraction of sp³-hybridized carbons (Fsp3) is 0.419. The number of hydrogen-bond donors (Lipinski definition) is 1. The van der Waals surface area contributed by atoms with E-state index in [9.17, 15) is 36.6 Å². The van der Waals surface area contributed by atoms with E-state index in [0.717, 1.165) is 25.8 Å². The maximum Gasteiger partial charge on any atom is 0.304 e. The van der Waals surface area contributed by atoms with Crippen LogP contribution in [0.25, 0.3) is 32.3 Å². The molecule has 15 heteroatoms. The van der Waals surface area contributed by atoms with Gasteiger partial charge in [-0.3, -0.25) is 4.79 Å². The van der Waals surface area contributed by atoms with Gasteiger partial charge in [-0.1, -0.05) is 18.2 Å². The molecule has 0 saturated carbocycles. The lowest BCUT2D eigenvalue weighted by Gasteiger charge is -2.26. The zero-order valence-electron chi connectivity index (χ0n) is 27.0. The van der Waals surface area contributed by atoms with Crippen molar-refractivity contribution in [2.45, 2.75) is 22.6 Å². The molecule has 13 nitrogen and oxygen atoms in total. The van der Waals surface area contributed by atoms with Crippen molar-refractivity contribution in [1.29, 1.82) is 0 Å². The molecule has 0 aliphatic rings. The van der Waals surface area contributed by atoms with Crippen molar-refractivity contribution in [2.75, 3.05) is 80.5 Å². The Bertz CT molecular complexity index is 1950. The van der Waals surface area contributed by atoms with Crippen LogP contribution in [0.1, 0.15) is 12.8 Å². The number of ether oxygens (including phenoxy) is 1. The molecule has 4 rings (SSSR count). The van der Waals surface area contributed by atoms with Crippen LogP contribution < -0.4 is 14.7 Å². The molecule has 0 aliphatic carbocycles. The first-order valence-corrected chi connectivity index (χ1v) is 17.4. The monoisotopic (exact) mass is 676 g/mol. The minimum Gasteiger partial charge on any atom is -0.550 e. The Labute approximate surface area is 269 Å². The number of benzene rings is 4. The Morgan fingerprint density at radius 2 is 1.26 bits per heavy atom. The molecule has 0 fully saturated rings. The van der Waals surface area contributed by atoms with E-state index in [1.165, 1.54) is 14.1 Å². The zero-order chi connectivity index (χ0) is 34.4. The molecule has 4 aromatic rings. The summed E-state index contributed by atoms with van der Waals surface area (Å²) in [7, 11) is 3.43. The zero-order valence-corrected chi connectivity index (χ0v) is 28.7. The van der Waals surface area contributed by atoms with Crippen molar-refractivity contribution in [1.82, 2.24) is 8.61 Å². The van der Waals surface area contributed by atoms with Crippen LogP contribution >= 0.6 is 0 Å². The van der Waals surface area contributed by atoms with E-state index in [4.69, 9.17) is 4.74 Å². The first-order valence-electron chi connectivity index (χ1n) is 14.5. The number of carboxylic acid groups (broad SMARTS) is 2. The summed E-state index contributed by atoms with van der Waals surface area (Å²) in [4.78, 5) is 23.6. The second-order valence-corrected chi connectivity index (χ2v) is 16.5. The molecule has 0 radical (unpaired) electrons. The van der Waals surface area contributed by atoms with Gasteiger partial charge in [-0.05, 0) is 12.1 Å². The fourth-order valence-corrected chi connectivity index (χ4v) is 8.14. The second-order valence-electron chi connectivity index (χ2n) is 12.5. The van der Waals surface area contributed by atoms with Gasteiger partial charge in [0.05, 0.1) is 37.4 Å². The number of carbonyl (C=O) groups excluding carboxylic acids is 1. The van der Waals surface area contributed by atoms with E-state index < -0.39 is 51.4 Å². The Morgan fingerprint density at radius 3 is 1.74 bits per heavy atom. The Morgan fingerprint density at radius 1 is 0.783 bits per heavy atom. The smallest absolute Gasteiger partial charge is 0.304 e. The number of sulfonamides is 2. The number of rotatable bonds is 15. The van der Waals surface area contributed by atoms with Crippen molar-refractivity contribution >= 4 is 70.0 Å². The standard InChI is InChI=1S/C31H40N4O9S2/c1-32(2)24-18-25(44-17-16-35(5,6)7)21-9-11-23-27(46(42,43)34(4)15-13-29(38)39)19-26(22-10-8-20(24)30(21)31(22)23)45(40,41)33(3)14-12-28(36)37/h8-11,18-19H,12-17H2,1-7H3,(H-,36,37,38,39). The van der Waals surface area contributed by atoms with Crippen LogP contribution in [-0.2, 0) is 29.6 Å². The quantitative estimate of drug-likeness (QED) is 0.144. The van der Waals surface area contributed by atoms with Crippen molar-refractivity contribution in [3.05, 3.63) is 36.4 Å². The molecular formula is C31H40N4O9S2. The van der Waals surface area contributed by atoms with Gasteiger partial charge in [-0.25, -0.2) is 25.4 Å². The number of likely N-dealkylation sites (N-methyl/N-ethyl adjacent to an activating group) is 1. The van der Waals surface area contributed by atoms with E-state index >= 15 is 0 Å². The summed E-state index contributed by atoms with van der Waals surface area (Å²) >= 11 is 0. The average molecular weight is 677 g/mol. The van der Waals surface area contributed by atoms with E-state index in [2.05, 4.69) is 0 Å². The number of quaternary nitrogens is 1. The summed E-state index contributed by atoms with van der Waals surface area (Å²) in [6.07, 6.45) is -1.02. The summed E-state index contributed by atoms with van der Waals surface area (Å²) in [5, 5.41) is 23.2. The highest BCUT2D eigenvalue weighted by atomic mass is 32.2. The Balaban J connectivity index is 2.13. The molecule has 1 N–H and O–H groups in total. The highest BCUT2D eigenvalue weighted by Crippen LogP contribution is 2.46. The predicted octanol–water partition coefficient (Wildman–Crippen LogP) is 1.59. The number of aliphatic carboxylic acids is 2. The van der Waals surface area contributed by atoms with Crippen LogP contribution in [0.2, 0.25) is 0 Å². The third-order valence-corrected chi connectivity index (χ3v) is 11.7. The molecule has 0 spiro atoms. The van der Waals surface area contributed by atoms with Gasteiger partial charge < -0.3 is 29.1 Å². The molecule has 250 valence electrons. The van der Waals surface area contributed by atoms with Crippen molar-refractivity contribution in [3.8, 4) is 5.75 Å². The number of carbonyl (C=O) groups is 2. The van der Waals surface area contributed by atoms with Gasteiger partial charge in [0.25, 0.3) is 0 Å². The third-order valence-electron chi connectivity index (χ3n) is 7.91. The van der Waals surface area contributed by atoms with Gasteiger partial charge in [0, 0.05) is 97.7 Å². The highest BCUT2D eigenvalue weighted by molar-refractivity contribution is 7.90. The van der Waals surface area contributed by atoms with Gasteiger partial charge in [0.2, 0.25) is 20.0 Å². The molecule has 0 unspecified atom stereocenters. The molecule has 0 bridgehead atoms. The van der Waals surface area contributed by atoms with Crippen LogP contribution in [0.15, 0.2) is 46.2 Å². The summed E-state index contributed by atoms with van der Waals surface area (Å²) in [6.45, 7) is 0.340. The first kappa shape index (κ1) is 35.1. The first-order chi connectivity index (χ1) is 21.3. The minimum absolute atomic E-state index is 0.244. The fourth-order valence-electron chi connectivity index (χ4n) is 5.30. The van der Waals surface area contributed by atoms with Gasteiger partial charge >= 0.3 is 5.97 Å². The van der Waals surface area contributed by atoms with Crippen LogP contribution in [0.5, 0.6) is 5.75 Å². The second kappa shape index (κ2) is 12.8. The van der Waals surface area contributed by atoms with Gasteiger partial charge in [0.15, 0.2) is 0 Å². The number of anilines is 1. The molecule has 0 amide bonds. The van der Waals surface area contributed by atoms with Gasteiger partial charge in [-0.2, -0.15) is 0 Å². The van der Waals surface area contributed by atoms with Gasteiger partial charge in [-0.15, -0.1) is 0 Å². The maximum atomic E-state index is 14.0. The van der Waals surface area contributed by atoms with Crippen molar-refractivity contribution < 1.29 is 45.9 Å². The van der Waals surface area contributed by atoms with E-state index in [-0.39, 0.29) is 27.1 Å². The van der Waals surface area contributed by atoms with E-state index in [1.54, 1.807) is 24.3 Å². The van der Waals surface area contributed by atoms with Crippen LogP contribution in [0.3, 0.4) is 0 Å². The van der Waals surface area contributed by atoms with Crippen molar-refractivity contribution in [3.63, 3.8) is 0 Å². The minimum atomic E-state index is -4.44. The predicted molar refractivity (Wildman–Crippen MR) is 174 cm³/mol. The maximum absolute atomic E-state index is 14.0. The van der Waals surface area contributed by atoms with Crippen LogP contribution in [0.4, 0.5) is 5.69 Å². The molecular weight excluding hydrogens is 636 g/mol.